The Hall–Kier alpha value is -2.63. The molecule has 6 nitrogen and oxygen atoms in total. The molecular weight excluding hydrogens is 332 g/mol. The maximum Gasteiger partial charge on any atom is 0.349 e. The second-order valence-corrected chi connectivity index (χ2v) is 7.28. The van der Waals surface area contributed by atoms with Gasteiger partial charge >= 0.3 is 5.63 Å². The Morgan fingerprint density at radius 2 is 1.96 bits per heavy atom. The van der Waals surface area contributed by atoms with E-state index in [4.69, 9.17) is 4.42 Å². The summed E-state index contributed by atoms with van der Waals surface area (Å²) in [4.78, 5) is 41.5. The molecule has 1 spiro atoms. The van der Waals surface area contributed by atoms with Crippen LogP contribution in [-0.4, -0.2) is 47.8 Å². The standard InChI is InChI=1S/C20H22N2O4/c1-2-9-21-10-7-20(19(21)25)8-11-22(13-20)17(23)15-12-14-5-3-4-6-16(14)26-18(15)24/h3-6,12H,2,7-11,13H2,1H3. The van der Waals surface area contributed by atoms with Crippen LogP contribution in [0.4, 0.5) is 0 Å². The monoisotopic (exact) mass is 354 g/mol. The van der Waals surface area contributed by atoms with E-state index in [9.17, 15) is 14.4 Å². The molecule has 1 aromatic heterocycles. The van der Waals surface area contributed by atoms with E-state index < -0.39 is 11.0 Å². The van der Waals surface area contributed by atoms with Crippen LogP contribution in [0.1, 0.15) is 36.5 Å². The molecular formula is C20H22N2O4. The van der Waals surface area contributed by atoms with Crippen molar-refractivity contribution in [3.05, 3.63) is 46.3 Å². The van der Waals surface area contributed by atoms with Crippen molar-refractivity contribution in [3.63, 3.8) is 0 Å². The largest absolute Gasteiger partial charge is 0.422 e. The molecule has 2 amide bonds. The summed E-state index contributed by atoms with van der Waals surface area (Å²) in [6, 6.07) is 8.72. The van der Waals surface area contributed by atoms with Crippen LogP contribution in [0.3, 0.4) is 0 Å². The summed E-state index contributed by atoms with van der Waals surface area (Å²) >= 11 is 0. The first kappa shape index (κ1) is 16.8. The van der Waals surface area contributed by atoms with Gasteiger partial charge < -0.3 is 14.2 Å². The van der Waals surface area contributed by atoms with Gasteiger partial charge in [-0.05, 0) is 31.4 Å². The summed E-state index contributed by atoms with van der Waals surface area (Å²) in [5.41, 5.74) is -0.591. The van der Waals surface area contributed by atoms with E-state index in [-0.39, 0.29) is 17.4 Å². The molecule has 26 heavy (non-hydrogen) atoms. The molecule has 3 heterocycles. The number of carbonyl (C=O) groups excluding carboxylic acids is 2. The maximum absolute atomic E-state index is 12.9. The molecule has 0 N–H and O–H groups in total. The van der Waals surface area contributed by atoms with Gasteiger partial charge in [-0.1, -0.05) is 25.1 Å². The van der Waals surface area contributed by atoms with Crippen molar-refractivity contribution in [2.45, 2.75) is 26.2 Å². The quantitative estimate of drug-likeness (QED) is 0.793. The molecule has 0 aliphatic carbocycles. The van der Waals surface area contributed by atoms with Gasteiger partial charge in [0.1, 0.15) is 11.1 Å². The summed E-state index contributed by atoms with van der Waals surface area (Å²) in [5, 5.41) is 0.718. The van der Waals surface area contributed by atoms with E-state index in [1.807, 2.05) is 17.0 Å². The summed E-state index contributed by atoms with van der Waals surface area (Å²) in [7, 11) is 0. The van der Waals surface area contributed by atoms with E-state index in [0.29, 0.717) is 25.1 Å². The summed E-state index contributed by atoms with van der Waals surface area (Å²) < 4.78 is 5.28. The lowest BCUT2D eigenvalue weighted by atomic mass is 9.85. The highest BCUT2D eigenvalue weighted by Crippen LogP contribution is 2.41. The number of benzene rings is 1. The third-order valence-electron chi connectivity index (χ3n) is 5.61. The molecule has 2 aromatic rings. The van der Waals surface area contributed by atoms with Crippen LogP contribution in [0.2, 0.25) is 0 Å². The Morgan fingerprint density at radius 3 is 2.77 bits per heavy atom. The topological polar surface area (TPSA) is 70.8 Å². The van der Waals surface area contributed by atoms with Crippen molar-refractivity contribution in [1.82, 2.24) is 9.80 Å². The normalized spacial score (nSPS) is 22.7. The van der Waals surface area contributed by atoms with Crippen molar-refractivity contribution in [3.8, 4) is 0 Å². The third-order valence-corrected chi connectivity index (χ3v) is 5.61. The van der Waals surface area contributed by atoms with Gasteiger partial charge in [0.2, 0.25) is 5.91 Å². The van der Waals surface area contributed by atoms with E-state index >= 15 is 0 Å². The Labute approximate surface area is 151 Å². The average Bonchev–Trinajstić information content (AvgIpc) is 3.21. The lowest BCUT2D eigenvalue weighted by Crippen LogP contribution is -2.39. The van der Waals surface area contributed by atoms with Crippen molar-refractivity contribution in [1.29, 1.82) is 0 Å². The van der Waals surface area contributed by atoms with Crippen molar-refractivity contribution in [2.24, 2.45) is 5.41 Å². The number of hydrogen-bond acceptors (Lipinski definition) is 4. The van der Waals surface area contributed by atoms with Gasteiger partial charge in [0.05, 0.1) is 5.41 Å². The molecule has 1 aromatic carbocycles. The zero-order chi connectivity index (χ0) is 18.3. The molecule has 0 saturated carbocycles. The highest BCUT2D eigenvalue weighted by molar-refractivity contribution is 5.97. The molecule has 1 unspecified atom stereocenters. The lowest BCUT2D eigenvalue weighted by molar-refractivity contribution is -0.135. The van der Waals surface area contributed by atoms with Crippen LogP contribution >= 0.6 is 0 Å². The lowest BCUT2D eigenvalue weighted by Gasteiger charge is -2.23. The minimum atomic E-state index is -0.625. The maximum atomic E-state index is 12.9. The number of hydrogen-bond donors (Lipinski definition) is 0. The SMILES string of the molecule is CCCN1CCC2(CCN(C(=O)c3cc4ccccc4oc3=O)C2)C1=O. The number of para-hydroxylation sites is 1. The van der Waals surface area contributed by atoms with Gasteiger partial charge in [0.25, 0.3) is 5.91 Å². The fourth-order valence-corrected chi connectivity index (χ4v) is 4.18. The van der Waals surface area contributed by atoms with Gasteiger partial charge in [-0.3, -0.25) is 9.59 Å². The molecule has 4 rings (SSSR count). The molecule has 1 atom stereocenters. The van der Waals surface area contributed by atoms with Gasteiger partial charge in [-0.25, -0.2) is 4.79 Å². The summed E-state index contributed by atoms with van der Waals surface area (Å²) in [6.07, 6.45) is 2.38. The van der Waals surface area contributed by atoms with Crippen LogP contribution < -0.4 is 5.63 Å². The third kappa shape index (κ3) is 2.60. The Bertz CT molecular complexity index is 935. The highest BCUT2D eigenvalue weighted by atomic mass is 16.4. The second-order valence-electron chi connectivity index (χ2n) is 7.28. The first-order valence-corrected chi connectivity index (χ1v) is 9.16. The molecule has 6 heteroatoms. The van der Waals surface area contributed by atoms with E-state index in [2.05, 4.69) is 6.92 Å². The van der Waals surface area contributed by atoms with E-state index in [0.717, 1.165) is 31.3 Å². The Morgan fingerprint density at radius 1 is 1.19 bits per heavy atom. The number of carbonyl (C=O) groups is 2. The average molecular weight is 354 g/mol. The minimum absolute atomic E-state index is 0.0385. The fraction of sp³-hybridized carbons (Fsp3) is 0.450. The van der Waals surface area contributed by atoms with Crippen LogP contribution in [0.15, 0.2) is 39.5 Å². The molecule has 2 fully saturated rings. The summed E-state index contributed by atoms with van der Waals surface area (Å²) in [6.45, 7) is 4.46. The van der Waals surface area contributed by atoms with Gasteiger partial charge in [0.15, 0.2) is 0 Å². The Kier molecular flexibility index (Phi) is 4.05. The van der Waals surface area contributed by atoms with Gasteiger partial charge in [-0.15, -0.1) is 0 Å². The first-order valence-electron chi connectivity index (χ1n) is 9.16. The number of rotatable bonds is 3. The Balaban J connectivity index is 1.58. The smallest absolute Gasteiger partial charge is 0.349 e. The van der Waals surface area contributed by atoms with Gasteiger partial charge in [-0.2, -0.15) is 0 Å². The predicted molar refractivity (Wildman–Crippen MR) is 96.9 cm³/mol. The first-order chi connectivity index (χ1) is 12.5. The van der Waals surface area contributed by atoms with Crippen LogP contribution in [-0.2, 0) is 4.79 Å². The van der Waals surface area contributed by atoms with E-state index in [1.165, 1.54) is 0 Å². The van der Waals surface area contributed by atoms with Crippen LogP contribution in [0, 0.1) is 5.41 Å². The number of nitrogens with zero attached hydrogens (tertiary/aromatic N) is 2. The molecule has 2 aliphatic rings. The zero-order valence-corrected chi connectivity index (χ0v) is 14.9. The predicted octanol–water partition coefficient (Wildman–Crippen LogP) is 2.27. The summed E-state index contributed by atoms with van der Waals surface area (Å²) in [5.74, 6) is -0.191. The van der Waals surface area contributed by atoms with Crippen LogP contribution in [0.25, 0.3) is 11.0 Å². The number of fused-ring (bicyclic) bond motifs is 1. The minimum Gasteiger partial charge on any atom is -0.422 e. The molecule has 0 radical (unpaired) electrons. The van der Waals surface area contributed by atoms with Gasteiger partial charge in [0, 0.05) is 31.6 Å². The number of amides is 2. The van der Waals surface area contributed by atoms with Crippen molar-refractivity contribution in [2.75, 3.05) is 26.2 Å². The van der Waals surface area contributed by atoms with Crippen LogP contribution in [0.5, 0.6) is 0 Å². The fourth-order valence-electron chi connectivity index (χ4n) is 4.18. The zero-order valence-electron chi connectivity index (χ0n) is 14.9. The number of likely N-dealkylation sites (tertiary alicyclic amines) is 2. The molecule has 136 valence electrons. The molecule has 0 bridgehead atoms. The molecule has 2 saturated heterocycles. The van der Waals surface area contributed by atoms with Crippen molar-refractivity contribution < 1.29 is 14.0 Å². The highest BCUT2D eigenvalue weighted by Gasteiger charge is 2.51. The van der Waals surface area contributed by atoms with E-state index in [1.54, 1.807) is 23.1 Å². The second kappa shape index (κ2) is 6.27. The van der Waals surface area contributed by atoms with Crippen molar-refractivity contribution >= 4 is 22.8 Å². The molecule has 2 aliphatic heterocycles.